The van der Waals surface area contributed by atoms with Gasteiger partial charge in [-0.1, -0.05) is 50.3 Å². The van der Waals surface area contributed by atoms with Gasteiger partial charge < -0.3 is 14.7 Å². The molecule has 2 N–H and O–H groups in total. The lowest BCUT2D eigenvalue weighted by Crippen LogP contribution is -2.28. The normalized spacial score (nSPS) is 16.0. The van der Waals surface area contributed by atoms with Crippen LogP contribution in [0.4, 0.5) is 0 Å². The number of hydrogen-bond donors (Lipinski definition) is 2. The number of Topliss-reactive ketones (excluding diaryl/α,β-unsaturated/α-hetero) is 1. The largest absolute Gasteiger partial charge is 0.446 e. The first-order valence-electron chi connectivity index (χ1n) is 10.4. The molecule has 0 saturated heterocycles. The number of benzene rings is 1. The molecule has 2 aromatic heterocycles. The Kier molecular flexibility index (Phi) is 5.79. The van der Waals surface area contributed by atoms with Crippen LogP contribution in [0.15, 0.2) is 41.1 Å². The number of ketones is 1. The van der Waals surface area contributed by atoms with Gasteiger partial charge in [-0.15, -0.1) is 0 Å². The lowest BCUT2D eigenvalue weighted by Gasteiger charge is -2.20. The van der Waals surface area contributed by atoms with Crippen molar-refractivity contribution in [1.29, 1.82) is 0 Å². The summed E-state index contributed by atoms with van der Waals surface area (Å²) in [6, 6.07) is 7.59. The summed E-state index contributed by atoms with van der Waals surface area (Å²) in [5.74, 6) is 0.690. The molecule has 152 valence electrons. The average Bonchev–Trinajstić information content (AvgIpc) is 3.36. The molecule has 6 heteroatoms. The minimum Gasteiger partial charge on any atom is -0.446 e. The zero-order chi connectivity index (χ0) is 20.2. The summed E-state index contributed by atoms with van der Waals surface area (Å²) in [5, 5.41) is 4.01. The number of rotatable bonds is 7. The number of aromatic amines is 1. The van der Waals surface area contributed by atoms with Crippen LogP contribution in [0, 0.1) is 5.92 Å². The molecule has 6 nitrogen and oxygen atoms in total. The fourth-order valence-electron chi connectivity index (χ4n) is 4.30. The van der Waals surface area contributed by atoms with E-state index in [1.165, 1.54) is 32.4 Å². The van der Waals surface area contributed by atoms with Crippen LogP contribution in [0.3, 0.4) is 0 Å². The van der Waals surface area contributed by atoms with Crippen molar-refractivity contribution in [3.63, 3.8) is 0 Å². The Bertz CT molecular complexity index is 998. The smallest absolute Gasteiger partial charge is 0.217 e. The van der Waals surface area contributed by atoms with Gasteiger partial charge >= 0.3 is 0 Å². The van der Waals surface area contributed by atoms with Gasteiger partial charge in [-0.3, -0.25) is 9.59 Å². The van der Waals surface area contributed by atoms with Gasteiger partial charge in [-0.05, 0) is 17.5 Å². The van der Waals surface area contributed by atoms with E-state index in [9.17, 15) is 9.59 Å². The Hall–Kier alpha value is -2.89. The fraction of sp³-hybridized carbons (Fsp3) is 0.435. The molecule has 1 aromatic carbocycles. The van der Waals surface area contributed by atoms with Crippen molar-refractivity contribution < 1.29 is 14.0 Å². The molecule has 2 heterocycles. The van der Waals surface area contributed by atoms with Crippen LogP contribution in [-0.2, 0) is 11.2 Å². The van der Waals surface area contributed by atoms with Gasteiger partial charge in [0.2, 0.25) is 11.8 Å². The van der Waals surface area contributed by atoms with Crippen LogP contribution >= 0.6 is 0 Å². The average molecular weight is 393 g/mol. The predicted octanol–water partition coefficient (Wildman–Crippen LogP) is 4.73. The van der Waals surface area contributed by atoms with Crippen LogP contribution in [0.5, 0.6) is 0 Å². The van der Waals surface area contributed by atoms with Gasteiger partial charge in [-0.2, -0.15) is 0 Å². The summed E-state index contributed by atoms with van der Waals surface area (Å²) in [7, 11) is 0. The third-order valence-corrected chi connectivity index (χ3v) is 5.78. The Morgan fingerprint density at radius 1 is 1.24 bits per heavy atom. The third-order valence-electron chi connectivity index (χ3n) is 5.78. The fourth-order valence-corrected chi connectivity index (χ4v) is 4.30. The van der Waals surface area contributed by atoms with Crippen LogP contribution in [0.1, 0.15) is 73.4 Å². The number of amides is 1. The second-order valence-electron chi connectivity index (χ2n) is 8.02. The van der Waals surface area contributed by atoms with Crippen LogP contribution in [0.2, 0.25) is 0 Å². The molecule has 0 spiro atoms. The number of para-hydroxylation sites is 1. The Morgan fingerprint density at radius 2 is 2.03 bits per heavy atom. The second kappa shape index (κ2) is 8.64. The van der Waals surface area contributed by atoms with E-state index >= 15 is 0 Å². The molecule has 3 aromatic rings. The molecular weight excluding hydrogens is 366 g/mol. The van der Waals surface area contributed by atoms with E-state index in [4.69, 9.17) is 4.42 Å². The summed E-state index contributed by atoms with van der Waals surface area (Å²) < 4.78 is 5.64. The Labute approximate surface area is 170 Å². The molecule has 1 saturated carbocycles. The molecular formula is C23H27N3O3. The quantitative estimate of drug-likeness (QED) is 0.568. The van der Waals surface area contributed by atoms with Crippen molar-refractivity contribution in [2.24, 2.45) is 5.92 Å². The van der Waals surface area contributed by atoms with Gasteiger partial charge in [0.25, 0.3) is 0 Å². The first kappa shape index (κ1) is 19.4. The Balaban J connectivity index is 1.51. The van der Waals surface area contributed by atoms with Crippen LogP contribution in [-0.4, -0.2) is 21.7 Å². The molecule has 0 bridgehead atoms. The molecule has 1 aliphatic rings. The lowest BCUT2D eigenvalue weighted by atomic mass is 9.85. The molecule has 4 rings (SSSR count). The maximum absolute atomic E-state index is 12.6. The van der Waals surface area contributed by atoms with Crippen molar-refractivity contribution >= 4 is 22.6 Å². The minimum atomic E-state index is -0.428. The number of nitrogens with zero attached hydrogens (tertiary/aromatic N) is 1. The number of oxazole rings is 1. The van der Waals surface area contributed by atoms with E-state index < -0.39 is 6.04 Å². The zero-order valence-electron chi connectivity index (χ0n) is 16.7. The summed E-state index contributed by atoms with van der Waals surface area (Å²) in [6.07, 6.45) is 10.3. The molecule has 1 atom stereocenters. The van der Waals surface area contributed by atoms with E-state index in [-0.39, 0.29) is 11.7 Å². The first-order valence-corrected chi connectivity index (χ1v) is 10.4. The predicted molar refractivity (Wildman–Crippen MR) is 111 cm³/mol. The number of aromatic nitrogens is 2. The highest BCUT2D eigenvalue weighted by Gasteiger charge is 2.24. The number of nitrogens with one attached hydrogen (secondary N) is 2. The van der Waals surface area contributed by atoms with Crippen molar-refractivity contribution in [1.82, 2.24) is 15.3 Å². The number of carbonyl (C=O) groups excluding carboxylic acids is 2. The summed E-state index contributed by atoms with van der Waals surface area (Å²) in [6.45, 7) is 1.47. The number of fused-ring (bicyclic) bond motifs is 1. The highest BCUT2D eigenvalue weighted by atomic mass is 16.3. The second-order valence-corrected chi connectivity index (χ2v) is 8.02. The van der Waals surface area contributed by atoms with Crippen molar-refractivity contribution in [2.75, 3.05) is 0 Å². The number of H-pyrrole nitrogens is 1. The van der Waals surface area contributed by atoms with E-state index in [1.54, 1.807) is 0 Å². The number of hydrogen-bond acceptors (Lipinski definition) is 4. The van der Waals surface area contributed by atoms with Crippen molar-refractivity contribution in [3.8, 4) is 0 Å². The summed E-state index contributed by atoms with van der Waals surface area (Å²) in [5.41, 5.74) is 2.47. The van der Waals surface area contributed by atoms with Gasteiger partial charge in [0.15, 0.2) is 5.78 Å². The monoisotopic (exact) mass is 393 g/mol. The summed E-state index contributed by atoms with van der Waals surface area (Å²) in [4.78, 5) is 32.1. The first-order chi connectivity index (χ1) is 14.1. The van der Waals surface area contributed by atoms with E-state index in [0.29, 0.717) is 30.3 Å². The Morgan fingerprint density at radius 3 is 2.83 bits per heavy atom. The minimum absolute atomic E-state index is 0.0283. The molecule has 1 aliphatic carbocycles. The SMILES string of the molecule is CC(=O)N[C@@H](Cc1c[nH]c2ccccc12)c1nc(C(=O)CC2CCCCC2)co1. The third kappa shape index (κ3) is 4.58. The zero-order valence-corrected chi connectivity index (χ0v) is 16.7. The van der Waals surface area contributed by atoms with Crippen LogP contribution < -0.4 is 5.32 Å². The summed E-state index contributed by atoms with van der Waals surface area (Å²) >= 11 is 0. The van der Waals surface area contributed by atoms with E-state index in [0.717, 1.165) is 29.3 Å². The molecule has 0 unspecified atom stereocenters. The van der Waals surface area contributed by atoms with Gasteiger partial charge in [0.05, 0.1) is 0 Å². The molecule has 1 amide bonds. The maximum Gasteiger partial charge on any atom is 0.217 e. The van der Waals surface area contributed by atoms with Gasteiger partial charge in [-0.25, -0.2) is 4.98 Å². The van der Waals surface area contributed by atoms with Gasteiger partial charge in [0, 0.05) is 36.9 Å². The van der Waals surface area contributed by atoms with Crippen LogP contribution in [0.25, 0.3) is 10.9 Å². The van der Waals surface area contributed by atoms with Crippen molar-refractivity contribution in [2.45, 2.75) is 57.9 Å². The highest BCUT2D eigenvalue weighted by molar-refractivity contribution is 5.94. The maximum atomic E-state index is 12.6. The molecule has 1 fully saturated rings. The topological polar surface area (TPSA) is 88.0 Å². The van der Waals surface area contributed by atoms with E-state index in [1.807, 2.05) is 30.5 Å². The highest BCUT2D eigenvalue weighted by Crippen LogP contribution is 2.28. The molecule has 0 aliphatic heterocycles. The molecule has 29 heavy (non-hydrogen) atoms. The molecule has 0 radical (unpaired) electrons. The van der Waals surface area contributed by atoms with Crippen molar-refractivity contribution in [3.05, 3.63) is 53.9 Å². The standard InChI is InChI=1S/C23H27N3O3/c1-15(27)25-20(12-17-13-24-19-10-6-5-9-18(17)19)23-26-21(14-29-23)22(28)11-16-7-3-2-4-8-16/h5-6,9-10,13-14,16,20,24H,2-4,7-8,11-12H2,1H3,(H,25,27)/t20-/m0/s1. The number of carbonyl (C=O) groups is 2. The van der Waals surface area contributed by atoms with E-state index in [2.05, 4.69) is 15.3 Å². The van der Waals surface area contributed by atoms with Gasteiger partial charge in [0.1, 0.15) is 18.0 Å². The lowest BCUT2D eigenvalue weighted by molar-refractivity contribution is -0.119.